The summed E-state index contributed by atoms with van der Waals surface area (Å²) in [6.45, 7) is 0. The minimum Gasteiger partial charge on any atom is -0.481 e. The highest BCUT2D eigenvalue weighted by Crippen LogP contribution is 2.04. The minimum absolute atomic E-state index is 0.399. The van der Waals surface area contributed by atoms with E-state index in [-0.39, 0.29) is 0 Å². The van der Waals surface area contributed by atoms with Crippen molar-refractivity contribution >= 4 is 11.8 Å². The van der Waals surface area contributed by atoms with Gasteiger partial charge in [0.05, 0.1) is 13.3 Å². The second kappa shape index (κ2) is 4.40. The predicted molar refractivity (Wildman–Crippen MR) is 47.6 cm³/mol. The zero-order chi connectivity index (χ0) is 14.0. The average molecular weight is 183 g/mol. The molecule has 0 heterocycles. The van der Waals surface area contributed by atoms with Crippen molar-refractivity contribution in [2.24, 2.45) is 0 Å². The van der Waals surface area contributed by atoms with Crippen LogP contribution in [0.1, 0.15) is 30.1 Å². The molecule has 0 aliphatic rings. The van der Waals surface area contributed by atoms with Crippen LogP contribution in [0, 0.1) is 0 Å². The van der Waals surface area contributed by atoms with E-state index in [0.29, 0.717) is 0 Å². The molecule has 3 heteroatoms. The quantitative estimate of drug-likeness (QED) is 0.723. The van der Waals surface area contributed by atoms with E-state index < -0.39 is 60.4 Å². The van der Waals surface area contributed by atoms with Gasteiger partial charge in [0.1, 0.15) is 0 Å². The van der Waals surface area contributed by atoms with Crippen LogP contribution in [0.2, 0.25) is 0 Å². The molecule has 68 valence electrons. The lowest BCUT2D eigenvalue weighted by atomic mass is 10.1. The van der Waals surface area contributed by atoms with E-state index in [9.17, 15) is 9.59 Å². The lowest BCUT2D eigenvalue weighted by Crippen LogP contribution is -2.03. The fourth-order valence-electron chi connectivity index (χ4n) is 0.735. The zero-order valence-electron chi connectivity index (χ0n) is 11.7. The van der Waals surface area contributed by atoms with Crippen LogP contribution >= 0.6 is 0 Å². The van der Waals surface area contributed by atoms with E-state index in [4.69, 9.17) is 12.0 Å². The molecule has 13 heavy (non-hydrogen) atoms. The highest BCUT2D eigenvalue weighted by Gasteiger charge is 2.06. The van der Waals surface area contributed by atoms with Crippen LogP contribution in [-0.2, 0) is 4.79 Å². The highest BCUT2D eigenvalue weighted by atomic mass is 16.4. The van der Waals surface area contributed by atoms with Crippen molar-refractivity contribution in [3.63, 3.8) is 0 Å². The molecule has 0 saturated carbocycles. The number of hydrogen-bond donors (Lipinski definition) is 1. The SMILES string of the molecule is [2H]c1c([2H])c([2H])c(C(=O)CCC(=O)O)c([2H])c1[2H]. The van der Waals surface area contributed by atoms with Crippen LogP contribution in [-0.4, -0.2) is 16.9 Å². The first kappa shape index (κ1) is 4.56. The molecule has 3 nitrogen and oxygen atoms in total. The number of ketones is 1. The molecule has 0 spiro atoms. The Balaban J connectivity index is 3.24. The largest absolute Gasteiger partial charge is 0.481 e. The van der Waals surface area contributed by atoms with Gasteiger partial charge >= 0.3 is 5.97 Å². The van der Waals surface area contributed by atoms with Gasteiger partial charge < -0.3 is 5.11 Å². The molecule has 0 amide bonds. The molecular weight excluding hydrogens is 168 g/mol. The van der Waals surface area contributed by atoms with E-state index in [2.05, 4.69) is 0 Å². The van der Waals surface area contributed by atoms with E-state index >= 15 is 0 Å². The smallest absolute Gasteiger partial charge is 0.303 e. The summed E-state index contributed by atoms with van der Waals surface area (Å²) >= 11 is 0. The number of carbonyl (C=O) groups excluding carboxylic acids is 1. The predicted octanol–water partition coefficient (Wildman–Crippen LogP) is 1.73. The molecule has 0 atom stereocenters. The van der Waals surface area contributed by atoms with Gasteiger partial charge in [-0.25, -0.2) is 0 Å². The molecule has 1 aromatic carbocycles. The van der Waals surface area contributed by atoms with Crippen molar-refractivity contribution in [2.45, 2.75) is 12.8 Å². The maximum absolute atomic E-state index is 11.7. The molecule has 1 N–H and O–H groups in total. The van der Waals surface area contributed by atoms with Crippen molar-refractivity contribution in [2.75, 3.05) is 0 Å². The second-order valence-corrected chi connectivity index (χ2v) is 2.32. The molecule has 0 saturated heterocycles. The number of hydrogen-bond acceptors (Lipinski definition) is 2. The summed E-state index contributed by atoms with van der Waals surface area (Å²) in [4.78, 5) is 22.0. The maximum atomic E-state index is 11.7. The number of rotatable bonds is 4. The lowest BCUT2D eigenvalue weighted by Gasteiger charge is -1.97. The molecule has 1 aromatic rings. The molecule has 0 bridgehead atoms. The second-order valence-electron chi connectivity index (χ2n) is 2.32. The highest BCUT2D eigenvalue weighted by molar-refractivity contribution is 5.97. The van der Waals surface area contributed by atoms with E-state index in [0.717, 1.165) is 0 Å². The van der Waals surface area contributed by atoms with Crippen molar-refractivity contribution in [1.29, 1.82) is 0 Å². The Morgan fingerprint density at radius 3 is 2.38 bits per heavy atom. The summed E-state index contributed by atoms with van der Waals surface area (Å²) in [6, 6.07) is -2.99. The Morgan fingerprint density at radius 1 is 1.23 bits per heavy atom. The summed E-state index contributed by atoms with van der Waals surface area (Å²) in [5.41, 5.74) is -0.456. The van der Waals surface area contributed by atoms with Gasteiger partial charge in [0.2, 0.25) is 0 Å². The summed E-state index contributed by atoms with van der Waals surface area (Å²) in [7, 11) is 0. The standard InChI is InChI=1S/C10H10O3/c11-9(6-7-10(12)13)8-4-2-1-3-5-8/h1-5H,6-7H2,(H,12,13)/i1D,2D,3D,4D,5D. The van der Waals surface area contributed by atoms with E-state index in [1.807, 2.05) is 0 Å². The third kappa shape index (κ3) is 3.07. The van der Waals surface area contributed by atoms with Crippen molar-refractivity contribution in [3.8, 4) is 0 Å². The summed E-state index contributed by atoms with van der Waals surface area (Å²) in [5.74, 6) is -1.95. The van der Waals surface area contributed by atoms with E-state index in [1.165, 1.54) is 0 Å². The monoisotopic (exact) mass is 183 g/mol. The lowest BCUT2D eigenvalue weighted by molar-refractivity contribution is -0.136. The summed E-state index contributed by atoms with van der Waals surface area (Å²) in [6.07, 6.45) is -0.843. The van der Waals surface area contributed by atoms with Gasteiger partial charge in [-0.05, 0) is 0 Å². The van der Waals surface area contributed by atoms with Crippen LogP contribution in [0.5, 0.6) is 0 Å². The first-order chi connectivity index (χ1) is 8.27. The molecule has 0 unspecified atom stereocenters. The summed E-state index contributed by atoms with van der Waals surface area (Å²) < 4.78 is 37.1. The minimum atomic E-state index is -1.18. The Kier molecular flexibility index (Phi) is 1.54. The molecular formula is C10H10O3. The normalized spacial score (nSPS) is 14.9. The fourth-order valence-corrected chi connectivity index (χ4v) is 0.735. The number of aliphatic carboxylic acids is 1. The van der Waals surface area contributed by atoms with Crippen molar-refractivity contribution < 1.29 is 21.5 Å². The molecule has 0 aromatic heterocycles. The first-order valence-electron chi connectivity index (χ1n) is 6.09. The van der Waals surface area contributed by atoms with Gasteiger partial charge in [0.25, 0.3) is 0 Å². The van der Waals surface area contributed by atoms with E-state index in [1.54, 1.807) is 0 Å². The van der Waals surface area contributed by atoms with Gasteiger partial charge in [-0.15, -0.1) is 0 Å². The maximum Gasteiger partial charge on any atom is 0.303 e. The van der Waals surface area contributed by atoms with Gasteiger partial charge in [-0.3, -0.25) is 9.59 Å². The van der Waals surface area contributed by atoms with Crippen LogP contribution in [0.15, 0.2) is 30.2 Å². The van der Waals surface area contributed by atoms with Gasteiger partial charge in [0, 0.05) is 12.0 Å². The number of carboxylic acids is 1. The molecule has 0 radical (unpaired) electrons. The Labute approximate surface area is 83.0 Å². The third-order valence-electron chi connectivity index (χ3n) is 1.34. The Morgan fingerprint density at radius 2 is 1.85 bits per heavy atom. The van der Waals surface area contributed by atoms with Crippen molar-refractivity contribution in [3.05, 3.63) is 35.8 Å². The summed E-state index contributed by atoms with van der Waals surface area (Å²) in [5, 5.41) is 8.45. The molecule has 0 aliphatic heterocycles. The molecule has 0 fully saturated rings. The van der Waals surface area contributed by atoms with Crippen LogP contribution in [0.4, 0.5) is 0 Å². The topological polar surface area (TPSA) is 54.4 Å². The van der Waals surface area contributed by atoms with Gasteiger partial charge in [0.15, 0.2) is 5.78 Å². The number of benzene rings is 1. The van der Waals surface area contributed by atoms with Crippen LogP contribution in [0.3, 0.4) is 0 Å². The number of Topliss-reactive ketones (excluding diaryl/α,β-unsaturated/α-hetero) is 1. The van der Waals surface area contributed by atoms with Crippen molar-refractivity contribution in [1.82, 2.24) is 0 Å². The van der Waals surface area contributed by atoms with Crippen LogP contribution < -0.4 is 0 Å². The first-order valence-corrected chi connectivity index (χ1v) is 3.59. The van der Waals surface area contributed by atoms with Crippen LogP contribution in [0.25, 0.3) is 0 Å². The number of carboxylic acid groups (broad SMARTS) is 1. The Bertz CT molecular complexity index is 498. The molecule has 0 aliphatic carbocycles. The molecule has 1 rings (SSSR count). The zero-order valence-corrected chi connectivity index (χ0v) is 6.68. The average Bonchev–Trinajstić information content (AvgIpc) is 2.31. The van der Waals surface area contributed by atoms with Gasteiger partial charge in [-0.2, -0.15) is 0 Å². The Hall–Kier alpha value is -1.64. The van der Waals surface area contributed by atoms with Gasteiger partial charge in [-0.1, -0.05) is 30.2 Å². The fraction of sp³-hybridized carbons (Fsp3) is 0.200. The number of carbonyl (C=O) groups is 2. The third-order valence-corrected chi connectivity index (χ3v) is 1.34.